The quantitative estimate of drug-likeness (QED) is 0.636. The number of ether oxygens (including phenoxy) is 1. The van der Waals surface area contributed by atoms with E-state index in [9.17, 15) is 8.42 Å². The molecule has 1 saturated heterocycles. The fourth-order valence-electron chi connectivity index (χ4n) is 3.83. The Hall–Kier alpha value is -2.52. The van der Waals surface area contributed by atoms with Crippen LogP contribution in [-0.4, -0.2) is 51.7 Å². The highest BCUT2D eigenvalue weighted by molar-refractivity contribution is 7.89. The molecule has 1 fully saturated rings. The van der Waals surface area contributed by atoms with Crippen molar-refractivity contribution >= 4 is 21.1 Å². The van der Waals surface area contributed by atoms with Gasteiger partial charge < -0.3 is 4.74 Å². The third-order valence-electron chi connectivity index (χ3n) is 5.17. The molecule has 0 bridgehead atoms. The SMILES string of the molecule is Cc1nn(C(C)C)c(C)c1S(=O)(=O)N1CCC(Oc2cnc3ccccc3n2)C1. The van der Waals surface area contributed by atoms with Crippen LogP contribution < -0.4 is 4.74 Å². The van der Waals surface area contributed by atoms with Crippen LogP contribution in [0.4, 0.5) is 0 Å². The lowest BCUT2D eigenvalue weighted by molar-refractivity contribution is 0.207. The molecule has 8 nitrogen and oxygen atoms in total. The van der Waals surface area contributed by atoms with E-state index in [-0.39, 0.29) is 18.7 Å². The molecule has 1 unspecified atom stereocenters. The summed E-state index contributed by atoms with van der Waals surface area (Å²) in [6.07, 6.45) is 1.92. The minimum atomic E-state index is -3.64. The summed E-state index contributed by atoms with van der Waals surface area (Å²) in [6, 6.07) is 7.66. The Morgan fingerprint density at radius 3 is 2.59 bits per heavy atom. The van der Waals surface area contributed by atoms with Crippen molar-refractivity contribution in [3.8, 4) is 5.88 Å². The van der Waals surface area contributed by atoms with Crippen LogP contribution in [0.5, 0.6) is 5.88 Å². The molecular weight excluding hydrogens is 390 g/mol. The van der Waals surface area contributed by atoms with Crippen molar-refractivity contribution in [3.63, 3.8) is 0 Å². The molecule has 1 aromatic carbocycles. The predicted octanol–water partition coefficient (Wildman–Crippen LogP) is 2.87. The summed E-state index contributed by atoms with van der Waals surface area (Å²) < 4.78 is 35.7. The standard InChI is InChI=1S/C20H25N5O3S/c1-13(2)25-15(4)20(14(3)23-25)29(26,27)24-10-9-16(12-24)28-19-11-21-17-7-5-6-8-18(17)22-19/h5-8,11,13,16H,9-10,12H2,1-4H3. The fourth-order valence-corrected chi connectivity index (χ4v) is 5.68. The maximum Gasteiger partial charge on any atom is 0.246 e. The summed E-state index contributed by atoms with van der Waals surface area (Å²) in [5.74, 6) is 0.410. The molecule has 0 N–H and O–H groups in total. The van der Waals surface area contributed by atoms with Crippen LogP contribution >= 0.6 is 0 Å². The molecule has 0 radical (unpaired) electrons. The van der Waals surface area contributed by atoms with E-state index in [0.29, 0.717) is 35.1 Å². The molecule has 1 aliphatic rings. The third kappa shape index (κ3) is 3.60. The zero-order valence-corrected chi connectivity index (χ0v) is 17.8. The second kappa shape index (κ2) is 7.38. The lowest BCUT2D eigenvalue weighted by atomic mass is 10.3. The van der Waals surface area contributed by atoms with Crippen LogP contribution in [0.25, 0.3) is 11.0 Å². The first kappa shape index (κ1) is 19.8. The lowest BCUT2D eigenvalue weighted by Gasteiger charge is -2.17. The van der Waals surface area contributed by atoms with Crippen molar-refractivity contribution in [1.29, 1.82) is 0 Å². The molecule has 154 valence electrons. The number of rotatable bonds is 5. The number of nitrogens with zero attached hydrogens (tertiary/aromatic N) is 5. The predicted molar refractivity (Wildman–Crippen MR) is 109 cm³/mol. The van der Waals surface area contributed by atoms with Crippen LogP contribution in [0.1, 0.15) is 37.7 Å². The van der Waals surface area contributed by atoms with Gasteiger partial charge in [-0.1, -0.05) is 12.1 Å². The van der Waals surface area contributed by atoms with Gasteiger partial charge in [0, 0.05) is 12.6 Å². The summed E-state index contributed by atoms with van der Waals surface area (Å²) in [5.41, 5.74) is 2.74. The molecular formula is C20H25N5O3S. The molecule has 3 heterocycles. The van der Waals surface area contributed by atoms with Gasteiger partial charge in [0.2, 0.25) is 15.9 Å². The largest absolute Gasteiger partial charge is 0.472 e. The summed E-state index contributed by atoms with van der Waals surface area (Å²) >= 11 is 0. The number of fused-ring (bicyclic) bond motifs is 1. The summed E-state index contributed by atoms with van der Waals surface area (Å²) in [5, 5.41) is 4.42. The van der Waals surface area contributed by atoms with Gasteiger partial charge in [-0.05, 0) is 46.2 Å². The molecule has 0 aliphatic carbocycles. The van der Waals surface area contributed by atoms with Gasteiger partial charge in [-0.15, -0.1) is 0 Å². The Bertz CT molecular complexity index is 1160. The number of aryl methyl sites for hydroxylation is 1. The van der Waals surface area contributed by atoms with E-state index < -0.39 is 10.0 Å². The molecule has 2 aromatic heterocycles. The first-order valence-electron chi connectivity index (χ1n) is 9.71. The van der Waals surface area contributed by atoms with E-state index in [1.54, 1.807) is 17.8 Å². The van der Waals surface area contributed by atoms with Gasteiger partial charge >= 0.3 is 0 Å². The highest BCUT2D eigenvalue weighted by Gasteiger charge is 2.37. The highest BCUT2D eigenvalue weighted by Crippen LogP contribution is 2.29. The Morgan fingerprint density at radius 2 is 1.90 bits per heavy atom. The molecule has 0 spiro atoms. The highest BCUT2D eigenvalue weighted by atomic mass is 32.2. The van der Waals surface area contributed by atoms with Gasteiger partial charge in [0.25, 0.3) is 0 Å². The van der Waals surface area contributed by atoms with Crippen molar-refractivity contribution in [2.45, 2.75) is 51.2 Å². The number of aromatic nitrogens is 4. The molecule has 4 rings (SSSR count). The third-order valence-corrected chi connectivity index (χ3v) is 7.29. The minimum absolute atomic E-state index is 0.0961. The van der Waals surface area contributed by atoms with Crippen LogP contribution in [-0.2, 0) is 10.0 Å². The van der Waals surface area contributed by atoms with Gasteiger partial charge in [-0.25, -0.2) is 18.4 Å². The minimum Gasteiger partial charge on any atom is -0.472 e. The van der Waals surface area contributed by atoms with E-state index in [1.165, 1.54) is 4.31 Å². The van der Waals surface area contributed by atoms with Crippen LogP contribution in [0, 0.1) is 13.8 Å². The Labute approximate surface area is 170 Å². The summed E-state index contributed by atoms with van der Waals surface area (Å²) in [6.45, 7) is 8.21. The normalized spacial score (nSPS) is 18.0. The fraction of sp³-hybridized carbons (Fsp3) is 0.450. The zero-order valence-electron chi connectivity index (χ0n) is 17.0. The maximum absolute atomic E-state index is 13.3. The van der Waals surface area contributed by atoms with Gasteiger partial charge in [0.05, 0.1) is 35.2 Å². The van der Waals surface area contributed by atoms with Gasteiger partial charge in [-0.3, -0.25) is 4.68 Å². The summed E-state index contributed by atoms with van der Waals surface area (Å²) in [4.78, 5) is 9.12. The van der Waals surface area contributed by atoms with E-state index in [4.69, 9.17) is 4.74 Å². The van der Waals surface area contributed by atoms with Gasteiger partial charge in [0.15, 0.2) is 0 Å². The second-order valence-electron chi connectivity index (χ2n) is 7.63. The van der Waals surface area contributed by atoms with Crippen LogP contribution in [0.15, 0.2) is 35.4 Å². The second-order valence-corrected chi connectivity index (χ2v) is 9.50. The van der Waals surface area contributed by atoms with Crippen molar-refractivity contribution in [3.05, 3.63) is 41.9 Å². The average Bonchev–Trinajstić information content (AvgIpc) is 3.26. The average molecular weight is 416 g/mol. The van der Waals surface area contributed by atoms with E-state index >= 15 is 0 Å². The van der Waals surface area contributed by atoms with E-state index in [0.717, 1.165) is 11.0 Å². The molecule has 1 atom stereocenters. The number of sulfonamides is 1. The smallest absolute Gasteiger partial charge is 0.246 e. The number of para-hydroxylation sites is 2. The monoisotopic (exact) mass is 415 g/mol. The summed E-state index contributed by atoms with van der Waals surface area (Å²) in [7, 11) is -3.64. The zero-order chi connectivity index (χ0) is 20.8. The molecule has 1 aliphatic heterocycles. The number of hydrogen-bond donors (Lipinski definition) is 0. The van der Waals surface area contributed by atoms with Crippen molar-refractivity contribution in [2.75, 3.05) is 13.1 Å². The molecule has 0 amide bonds. The first-order chi connectivity index (χ1) is 13.8. The van der Waals surface area contributed by atoms with E-state index in [1.807, 2.05) is 45.0 Å². The molecule has 0 saturated carbocycles. The molecule has 3 aromatic rings. The van der Waals surface area contributed by atoms with Crippen LogP contribution in [0.2, 0.25) is 0 Å². The Morgan fingerprint density at radius 1 is 1.17 bits per heavy atom. The Kier molecular flexibility index (Phi) is 5.04. The van der Waals surface area contributed by atoms with Crippen LogP contribution in [0.3, 0.4) is 0 Å². The molecule has 9 heteroatoms. The van der Waals surface area contributed by atoms with Gasteiger partial charge in [-0.2, -0.15) is 9.40 Å². The lowest BCUT2D eigenvalue weighted by Crippen LogP contribution is -2.31. The van der Waals surface area contributed by atoms with Crippen molar-refractivity contribution in [1.82, 2.24) is 24.1 Å². The van der Waals surface area contributed by atoms with Gasteiger partial charge in [0.1, 0.15) is 11.0 Å². The topological polar surface area (TPSA) is 90.2 Å². The number of benzene rings is 1. The van der Waals surface area contributed by atoms with Crippen molar-refractivity contribution < 1.29 is 13.2 Å². The first-order valence-corrected chi connectivity index (χ1v) is 11.2. The molecule has 29 heavy (non-hydrogen) atoms. The van der Waals surface area contributed by atoms with Crippen molar-refractivity contribution in [2.24, 2.45) is 0 Å². The number of hydrogen-bond acceptors (Lipinski definition) is 6. The Balaban J connectivity index is 1.53. The maximum atomic E-state index is 13.3. The van der Waals surface area contributed by atoms with E-state index in [2.05, 4.69) is 15.1 Å².